The molecule has 6 nitrogen and oxygen atoms in total. The van der Waals surface area contributed by atoms with E-state index in [0.717, 1.165) is 24.8 Å². The molecule has 0 saturated carbocycles. The molecule has 148 valence electrons. The normalized spacial score (nSPS) is 16.3. The van der Waals surface area contributed by atoms with E-state index in [1.54, 1.807) is 23.5 Å². The van der Waals surface area contributed by atoms with Crippen molar-refractivity contribution >= 4 is 32.5 Å². The zero-order valence-electron chi connectivity index (χ0n) is 16.2. The first-order chi connectivity index (χ1) is 14.0. The Morgan fingerprint density at radius 2 is 2.21 bits per heavy atom. The molecule has 1 N–H and O–H groups in total. The Labute approximate surface area is 170 Å². The van der Waals surface area contributed by atoms with Crippen LogP contribution in [-0.4, -0.2) is 16.6 Å². The van der Waals surface area contributed by atoms with Gasteiger partial charge in [0.05, 0.1) is 12.0 Å². The van der Waals surface area contributed by atoms with Gasteiger partial charge in [0.25, 0.3) is 5.56 Å². The number of nitrogens with one attached hydrogen (secondary N) is 1. The first kappa shape index (κ1) is 18.1. The second-order valence-electron chi connectivity index (χ2n) is 7.50. The van der Waals surface area contributed by atoms with Crippen molar-refractivity contribution in [2.75, 3.05) is 6.61 Å². The zero-order valence-corrected chi connectivity index (χ0v) is 17.0. The summed E-state index contributed by atoms with van der Waals surface area (Å²) in [7, 11) is 0. The van der Waals surface area contributed by atoms with Crippen molar-refractivity contribution in [3.05, 3.63) is 55.5 Å². The third-order valence-corrected chi connectivity index (χ3v) is 6.59. The maximum atomic E-state index is 12.9. The minimum absolute atomic E-state index is 0.195. The molecule has 7 heteroatoms. The maximum absolute atomic E-state index is 12.9. The highest BCUT2D eigenvalue weighted by molar-refractivity contribution is 7.18. The largest absolute Gasteiger partial charge is 0.490 e. The van der Waals surface area contributed by atoms with E-state index in [-0.39, 0.29) is 16.9 Å². The van der Waals surface area contributed by atoms with Crippen molar-refractivity contribution < 1.29 is 9.15 Å². The fourth-order valence-corrected chi connectivity index (χ4v) is 5.41. The lowest BCUT2D eigenvalue weighted by molar-refractivity contribution is 0.337. The quantitative estimate of drug-likeness (QED) is 0.512. The summed E-state index contributed by atoms with van der Waals surface area (Å²) in [5, 5.41) is 1.39. The van der Waals surface area contributed by atoms with Gasteiger partial charge in [-0.1, -0.05) is 19.1 Å². The number of aromatic nitrogens is 2. The van der Waals surface area contributed by atoms with Crippen molar-refractivity contribution in [2.24, 2.45) is 5.92 Å². The van der Waals surface area contributed by atoms with Gasteiger partial charge in [0.15, 0.2) is 11.3 Å². The topological polar surface area (TPSA) is 85.2 Å². The lowest BCUT2D eigenvalue weighted by Gasteiger charge is -2.17. The molecule has 5 rings (SSSR count). The summed E-state index contributed by atoms with van der Waals surface area (Å²) < 4.78 is 11.1. The number of hydrogen-bond acceptors (Lipinski definition) is 6. The van der Waals surface area contributed by atoms with Crippen molar-refractivity contribution in [1.29, 1.82) is 0 Å². The molecule has 0 aliphatic heterocycles. The number of aryl methyl sites for hydroxylation is 1. The Morgan fingerprint density at radius 1 is 1.34 bits per heavy atom. The highest BCUT2D eigenvalue weighted by Crippen LogP contribution is 2.36. The Kier molecular flexibility index (Phi) is 4.28. The fraction of sp³-hybridized carbons (Fsp3) is 0.318. The molecule has 0 amide bonds. The molecule has 0 saturated heterocycles. The minimum atomic E-state index is -0.554. The van der Waals surface area contributed by atoms with Gasteiger partial charge < -0.3 is 14.1 Å². The molecule has 3 aromatic heterocycles. The number of fused-ring (bicyclic) bond motifs is 4. The molecule has 29 heavy (non-hydrogen) atoms. The van der Waals surface area contributed by atoms with E-state index in [1.165, 1.54) is 4.88 Å². The summed E-state index contributed by atoms with van der Waals surface area (Å²) in [4.78, 5) is 34.9. The van der Waals surface area contributed by atoms with Gasteiger partial charge in [-0.25, -0.2) is 9.78 Å². The van der Waals surface area contributed by atoms with Crippen LogP contribution in [0.5, 0.6) is 5.75 Å². The number of H-pyrrole nitrogens is 1. The monoisotopic (exact) mass is 408 g/mol. The lowest BCUT2D eigenvalue weighted by Crippen LogP contribution is -2.15. The average molecular weight is 408 g/mol. The number of benzene rings is 1. The smallest absolute Gasteiger partial charge is 0.347 e. The summed E-state index contributed by atoms with van der Waals surface area (Å²) >= 11 is 1.56. The van der Waals surface area contributed by atoms with E-state index in [0.29, 0.717) is 39.5 Å². The molecule has 0 spiro atoms. The van der Waals surface area contributed by atoms with E-state index < -0.39 is 5.63 Å². The summed E-state index contributed by atoms with van der Waals surface area (Å²) in [5.41, 5.74) is 1.01. The van der Waals surface area contributed by atoms with Crippen LogP contribution in [0.3, 0.4) is 0 Å². The van der Waals surface area contributed by atoms with Crippen LogP contribution in [-0.2, 0) is 12.8 Å². The van der Waals surface area contributed by atoms with Gasteiger partial charge in [-0.15, -0.1) is 11.3 Å². The minimum Gasteiger partial charge on any atom is -0.490 e. The zero-order chi connectivity index (χ0) is 20.1. The van der Waals surface area contributed by atoms with Gasteiger partial charge in [-0.05, 0) is 49.8 Å². The van der Waals surface area contributed by atoms with Crippen LogP contribution >= 0.6 is 11.3 Å². The predicted molar refractivity (Wildman–Crippen MR) is 114 cm³/mol. The lowest BCUT2D eigenvalue weighted by atomic mass is 9.89. The number of para-hydroxylation sites is 1. The van der Waals surface area contributed by atoms with Crippen molar-refractivity contribution in [3.63, 3.8) is 0 Å². The fourth-order valence-electron chi connectivity index (χ4n) is 4.03. The van der Waals surface area contributed by atoms with Crippen LogP contribution in [0.2, 0.25) is 0 Å². The SMILES string of the molecule is CCOc1cccc2cc(-c3nc4sc5c(c4c(=O)[nH]3)CC[C@@H](C)C5)c(=O)oc12. The summed E-state index contributed by atoms with van der Waals surface area (Å²) in [6, 6.07) is 7.14. The summed E-state index contributed by atoms with van der Waals surface area (Å²) in [6.07, 6.45) is 2.96. The van der Waals surface area contributed by atoms with E-state index in [4.69, 9.17) is 9.15 Å². The molecule has 1 atom stereocenters. The molecular weight excluding hydrogens is 388 g/mol. The highest BCUT2D eigenvalue weighted by Gasteiger charge is 2.24. The van der Waals surface area contributed by atoms with Gasteiger partial charge in [0.1, 0.15) is 16.2 Å². The van der Waals surface area contributed by atoms with E-state index >= 15 is 0 Å². The number of nitrogens with zero attached hydrogens (tertiary/aromatic N) is 1. The van der Waals surface area contributed by atoms with Crippen LogP contribution in [0.1, 0.15) is 30.7 Å². The van der Waals surface area contributed by atoms with Crippen molar-refractivity contribution in [2.45, 2.75) is 33.1 Å². The van der Waals surface area contributed by atoms with Crippen LogP contribution in [0.25, 0.3) is 32.6 Å². The highest BCUT2D eigenvalue weighted by atomic mass is 32.1. The third kappa shape index (κ3) is 2.97. The summed E-state index contributed by atoms with van der Waals surface area (Å²) in [6.45, 7) is 4.57. The third-order valence-electron chi connectivity index (χ3n) is 5.44. The molecule has 0 unspecified atom stereocenters. The Hall–Kier alpha value is -2.93. The first-order valence-corrected chi connectivity index (χ1v) is 10.6. The molecular formula is C22H20N2O4S. The van der Waals surface area contributed by atoms with Gasteiger partial charge in [0, 0.05) is 10.3 Å². The number of hydrogen-bond donors (Lipinski definition) is 1. The number of rotatable bonds is 3. The molecule has 4 aromatic rings. The molecule has 3 heterocycles. The van der Waals surface area contributed by atoms with Gasteiger partial charge >= 0.3 is 5.63 Å². The molecule has 1 aliphatic rings. The van der Waals surface area contributed by atoms with E-state index in [9.17, 15) is 9.59 Å². The summed E-state index contributed by atoms with van der Waals surface area (Å²) in [5.74, 6) is 1.37. The van der Waals surface area contributed by atoms with E-state index in [2.05, 4.69) is 16.9 Å². The molecule has 1 aliphatic carbocycles. The first-order valence-electron chi connectivity index (χ1n) is 9.79. The Bertz CT molecular complexity index is 1370. The van der Waals surface area contributed by atoms with Crippen LogP contribution in [0.15, 0.2) is 38.3 Å². The average Bonchev–Trinajstić information content (AvgIpc) is 3.06. The predicted octanol–water partition coefficient (Wildman–Crippen LogP) is 4.28. The van der Waals surface area contributed by atoms with Crippen molar-refractivity contribution in [1.82, 2.24) is 9.97 Å². The number of ether oxygens (including phenoxy) is 1. The molecule has 1 aromatic carbocycles. The van der Waals surface area contributed by atoms with Gasteiger partial charge in [-0.3, -0.25) is 4.79 Å². The standard InChI is InChI=1S/C22H20N2O4S/c1-3-27-15-6-4-5-12-10-14(22(26)28-18(12)15)19-23-20(25)17-13-8-7-11(2)9-16(13)29-21(17)24-19/h4-6,10-11H,3,7-9H2,1-2H3,(H,23,24,25)/t11-/m1/s1. The molecule has 0 fully saturated rings. The Balaban J connectivity index is 1.70. The number of aromatic amines is 1. The van der Waals surface area contributed by atoms with Gasteiger partial charge in [-0.2, -0.15) is 0 Å². The maximum Gasteiger partial charge on any atom is 0.347 e. The molecule has 0 bridgehead atoms. The molecule has 0 radical (unpaired) electrons. The second kappa shape index (κ2) is 6.84. The number of thiophene rings is 1. The van der Waals surface area contributed by atoms with E-state index in [1.807, 2.05) is 19.1 Å². The van der Waals surface area contributed by atoms with Crippen molar-refractivity contribution in [3.8, 4) is 17.1 Å². The van der Waals surface area contributed by atoms with Crippen LogP contribution < -0.4 is 15.9 Å². The van der Waals surface area contributed by atoms with Gasteiger partial charge in [0.2, 0.25) is 0 Å². The van der Waals surface area contributed by atoms with Crippen LogP contribution in [0.4, 0.5) is 0 Å². The van der Waals surface area contributed by atoms with Crippen LogP contribution in [0, 0.1) is 5.92 Å². The Morgan fingerprint density at radius 3 is 3.03 bits per heavy atom. The second-order valence-corrected chi connectivity index (χ2v) is 8.59.